The Bertz CT molecular complexity index is 448. The van der Waals surface area contributed by atoms with E-state index in [1.54, 1.807) is 26.8 Å². The van der Waals surface area contributed by atoms with Crippen LogP contribution < -0.4 is 10.6 Å². The minimum Gasteiger partial charge on any atom is -0.463 e. The quantitative estimate of drug-likeness (QED) is 0.227. The van der Waals surface area contributed by atoms with Crippen LogP contribution in [0.25, 0.3) is 0 Å². The van der Waals surface area contributed by atoms with Crippen molar-refractivity contribution in [3.8, 4) is 0 Å². The molecule has 0 heterocycles. The zero-order valence-electron chi connectivity index (χ0n) is 14.5. The normalized spacial score (nSPS) is 12.7. The maximum Gasteiger partial charge on any atom is 0.330 e. The minimum atomic E-state index is -1.35. The summed E-state index contributed by atoms with van der Waals surface area (Å²) in [4.78, 5) is 34.3. The smallest absolute Gasteiger partial charge is 0.330 e. The van der Waals surface area contributed by atoms with Crippen molar-refractivity contribution in [1.82, 2.24) is 10.6 Å². The van der Waals surface area contributed by atoms with Gasteiger partial charge in [0.05, 0.1) is 13.2 Å². The van der Waals surface area contributed by atoms with Crippen molar-refractivity contribution in [2.24, 2.45) is 5.41 Å². The lowest BCUT2D eigenvalue weighted by Gasteiger charge is -2.27. The Hall–Kier alpha value is -1.93. The number of carbonyl (C=O) groups is 3. The number of esters is 1. The zero-order chi connectivity index (χ0) is 18.6. The van der Waals surface area contributed by atoms with Gasteiger partial charge in [0.15, 0.2) is 0 Å². The van der Waals surface area contributed by atoms with E-state index >= 15 is 0 Å². The monoisotopic (exact) mass is 344 g/mol. The highest BCUT2D eigenvalue weighted by Crippen LogP contribution is 2.19. The van der Waals surface area contributed by atoms with Crippen molar-refractivity contribution in [3.63, 3.8) is 0 Å². The third kappa shape index (κ3) is 9.26. The van der Waals surface area contributed by atoms with Crippen LogP contribution in [0.4, 0.5) is 0 Å². The molecular formula is C16H28N2O6. The molecule has 0 unspecified atom stereocenters. The summed E-state index contributed by atoms with van der Waals surface area (Å²) in [7, 11) is 0. The first-order valence-corrected chi connectivity index (χ1v) is 7.91. The van der Waals surface area contributed by atoms with Gasteiger partial charge in [0.1, 0.15) is 6.10 Å². The summed E-state index contributed by atoms with van der Waals surface area (Å²) in [6, 6.07) is 0. The highest BCUT2D eigenvalue weighted by Gasteiger charge is 2.32. The highest BCUT2D eigenvalue weighted by atomic mass is 16.5. The fraction of sp³-hybridized carbons (Fsp3) is 0.688. The van der Waals surface area contributed by atoms with Crippen molar-refractivity contribution in [3.05, 3.63) is 12.2 Å². The van der Waals surface area contributed by atoms with Gasteiger partial charge >= 0.3 is 5.97 Å². The van der Waals surface area contributed by atoms with Crippen LogP contribution in [0.5, 0.6) is 0 Å². The fourth-order valence-corrected chi connectivity index (χ4v) is 1.59. The predicted molar refractivity (Wildman–Crippen MR) is 87.9 cm³/mol. The summed E-state index contributed by atoms with van der Waals surface area (Å²) in [5, 5.41) is 24.0. The second-order valence-electron chi connectivity index (χ2n) is 5.88. The van der Waals surface area contributed by atoms with Crippen LogP contribution >= 0.6 is 0 Å². The van der Waals surface area contributed by atoms with Crippen molar-refractivity contribution < 1.29 is 29.3 Å². The average molecular weight is 344 g/mol. The molecule has 0 aliphatic heterocycles. The number of rotatable bonds is 11. The number of aliphatic hydroxyl groups excluding tert-OH is 2. The van der Waals surface area contributed by atoms with Gasteiger partial charge in [-0.3, -0.25) is 9.59 Å². The predicted octanol–water partition coefficient (Wildman–Crippen LogP) is -0.502. The largest absolute Gasteiger partial charge is 0.463 e. The topological polar surface area (TPSA) is 125 Å². The van der Waals surface area contributed by atoms with Gasteiger partial charge in [-0.05, 0) is 13.3 Å². The summed E-state index contributed by atoms with van der Waals surface area (Å²) in [6.07, 6.45) is 2.12. The molecular weight excluding hydrogens is 316 g/mol. The van der Waals surface area contributed by atoms with Crippen LogP contribution in [0, 0.1) is 5.41 Å². The maximum absolute atomic E-state index is 11.7. The van der Waals surface area contributed by atoms with Gasteiger partial charge in [-0.15, -0.1) is 0 Å². The Kier molecular flexibility index (Phi) is 10.7. The molecule has 4 N–H and O–H groups in total. The molecule has 0 spiro atoms. The molecule has 0 saturated carbocycles. The first kappa shape index (κ1) is 22.1. The molecule has 0 aromatic carbocycles. The van der Waals surface area contributed by atoms with E-state index in [9.17, 15) is 19.5 Å². The van der Waals surface area contributed by atoms with E-state index in [-0.39, 0.29) is 25.5 Å². The molecule has 8 heteroatoms. The lowest BCUT2D eigenvalue weighted by molar-refractivity contribution is -0.138. The van der Waals surface area contributed by atoms with E-state index < -0.39 is 23.4 Å². The summed E-state index contributed by atoms with van der Waals surface area (Å²) in [5.74, 6) is -1.30. The molecule has 0 rings (SSSR count). The van der Waals surface area contributed by atoms with Crippen LogP contribution in [0.2, 0.25) is 0 Å². The number of hydrogen-bond donors (Lipinski definition) is 4. The van der Waals surface area contributed by atoms with Gasteiger partial charge in [-0.25, -0.2) is 4.79 Å². The van der Waals surface area contributed by atoms with Crippen LogP contribution in [0.1, 0.15) is 33.6 Å². The first-order chi connectivity index (χ1) is 11.2. The van der Waals surface area contributed by atoms with Crippen LogP contribution in [0.15, 0.2) is 12.2 Å². The lowest BCUT2D eigenvalue weighted by Crippen LogP contribution is -2.46. The Morgan fingerprint density at radius 1 is 1.21 bits per heavy atom. The number of carbonyl (C=O) groups excluding carboxylic acids is 3. The molecule has 0 bridgehead atoms. The third-order valence-electron chi connectivity index (χ3n) is 3.22. The Labute approximate surface area is 142 Å². The highest BCUT2D eigenvalue weighted by molar-refractivity contribution is 5.82. The molecule has 0 radical (unpaired) electrons. The van der Waals surface area contributed by atoms with Gasteiger partial charge in [0.2, 0.25) is 11.8 Å². The van der Waals surface area contributed by atoms with Crippen LogP contribution in [-0.2, 0) is 19.1 Å². The molecule has 2 amide bonds. The van der Waals surface area contributed by atoms with E-state index in [4.69, 9.17) is 9.84 Å². The molecule has 138 valence electrons. The minimum absolute atomic E-state index is 0.0691. The first-order valence-electron chi connectivity index (χ1n) is 7.91. The molecule has 0 aromatic rings. The van der Waals surface area contributed by atoms with Crippen molar-refractivity contribution in [1.29, 1.82) is 0 Å². The molecule has 0 aliphatic rings. The van der Waals surface area contributed by atoms with Crippen molar-refractivity contribution in [2.45, 2.75) is 39.7 Å². The summed E-state index contributed by atoms with van der Waals surface area (Å²) >= 11 is 0. The number of ether oxygens (including phenoxy) is 1. The van der Waals surface area contributed by atoms with Gasteiger partial charge in [-0.2, -0.15) is 0 Å². The zero-order valence-corrected chi connectivity index (χ0v) is 14.5. The van der Waals surface area contributed by atoms with Crippen LogP contribution in [0.3, 0.4) is 0 Å². The van der Waals surface area contributed by atoms with Crippen LogP contribution in [-0.4, -0.2) is 60.4 Å². The Balaban J connectivity index is 3.88. The van der Waals surface area contributed by atoms with Gasteiger partial charge < -0.3 is 25.6 Å². The molecule has 0 fully saturated rings. The van der Waals surface area contributed by atoms with E-state index in [2.05, 4.69) is 10.6 Å². The number of aliphatic hydroxyl groups is 2. The Morgan fingerprint density at radius 2 is 1.88 bits per heavy atom. The van der Waals surface area contributed by atoms with Gasteiger partial charge in [-0.1, -0.05) is 19.9 Å². The number of nitrogens with one attached hydrogen (secondary N) is 2. The summed E-state index contributed by atoms with van der Waals surface area (Å²) in [5.41, 5.74) is -0.947. The maximum atomic E-state index is 11.7. The standard InChI is InChI=1S/C16H28N2O6/c1-4-24-13(21)7-5-6-9-17-12(20)8-10-18-15(23)14(22)16(2,3)11-19/h5,7,14,19,22H,4,6,8-11H2,1-3H3,(H,17,20)(H,18,23)/b7-5+/t14-/m0/s1. The van der Waals surface area contributed by atoms with E-state index in [1.165, 1.54) is 6.08 Å². The summed E-state index contributed by atoms with van der Waals surface area (Å²) in [6.45, 7) is 5.28. The fourth-order valence-electron chi connectivity index (χ4n) is 1.59. The summed E-state index contributed by atoms with van der Waals surface area (Å²) < 4.78 is 4.71. The van der Waals surface area contributed by atoms with Crippen molar-refractivity contribution in [2.75, 3.05) is 26.3 Å². The number of hydrogen-bond acceptors (Lipinski definition) is 6. The molecule has 0 aromatic heterocycles. The second-order valence-corrected chi connectivity index (χ2v) is 5.88. The van der Waals surface area contributed by atoms with Gasteiger partial charge in [0.25, 0.3) is 0 Å². The second kappa shape index (κ2) is 11.6. The third-order valence-corrected chi connectivity index (χ3v) is 3.22. The number of amides is 2. The average Bonchev–Trinajstić information content (AvgIpc) is 2.53. The molecule has 0 saturated heterocycles. The van der Waals surface area contributed by atoms with E-state index in [1.807, 2.05) is 0 Å². The lowest BCUT2D eigenvalue weighted by atomic mass is 9.87. The molecule has 24 heavy (non-hydrogen) atoms. The van der Waals surface area contributed by atoms with E-state index in [0.29, 0.717) is 19.6 Å². The van der Waals surface area contributed by atoms with Gasteiger partial charge in [0, 0.05) is 31.0 Å². The Morgan fingerprint density at radius 3 is 2.46 bits per heavy atom. The molecule has 0 aliphatic carbocycles. The SMILES string of the molecule is CCOC(=O)/C=C/CCNC(=O)CCNC(=O)[C@H](O)C(C)(C)CO. The van der Waals surface area contributed by atoms with Crippen molar-refractivity contribution >= 4 is 17.8 Å². The molecule has 1 atom stereocenters. The van der Waals surface area contributed by atoms with E-state index in [0.717, 1.165) is 0 Å². The molecule has 8 nitrogen and oxygen atoms in total.